The first-order valence-corrected chi connectivity index (χ1v) is 8.46. The fourth-order valence-corrected chi connectivity index (χ4v) is 3.83. The number of nitrogens with zero attached hydrogens (tertiary/aromatic N) is 1. The average Bonchev–Trinajstić information content (AvgIpc) is 3.33. The molecule has 1 saturated heterocycles. The minimum Gasteiger partial charge on any atom is -0.434 e. The monoisotopic (exact) mass is 325 g/mol. The van der Waals surface area contributed by atoms with Crippen molar-refractivity contribution in [2.45, 2.75) is 45.3 Å². The van der Waals surface area contributed by atoms with Crippen LogP contribution in [-0.4, -0.2) is 36.3 Å². The number of aliphatic hydroxyl groups excluding tert-OH is 1. The van der Waals surface area contributed by atoms with E-state index in [0.29, 0.717) is 6.54 Å². The third-order valence-corrected chi connectivity index (χ3v) is 5.08. The van der Waals surface area contributed by atoms with Crippen molar-refractivity contribution in [3.8, 4) is 5.75 Å². The molecule has 2 fully saturated rings. The number of halogens is 2. The summed E-state index contributed by atoms with van der Waals surface area (Å²) in [5, 5.41) is 9.93. The molecule has 128 valence electrons. The van der Waals surface area contributed by atoms with Crippen LogP contribution in [0.15, 0.2) is 24.3 Å². The van der Waals surface area contributed by atoms with Crippen LogP contribution in [0.25, 0.3) is 0 Å². The van der Waals surface area contributed by atoms with E-state index in [9.17, 15) is 13.9 Å². The third-order valence-electron chi connectivity index (χ3n) is 5.08. The first-order valence-electron chi connectivity index (χ1n) is 8.46. The summed E-state index contributed by atoms with van der Waals surface area (Å²) in [4.78, 5) is 2.27. The number of alkyl halides is 2. The summed E-state index contributed by atoms with van der Waals surface area (Å²) in [5.41, 5.74) is 0.769. The van der Waals surface area contributed by atoms with Gasteiger partial charge in [0.1, 0.15) is 5.75 Å². The van der Waals surface area contributed by atoms with Gasteiger partial charge < -0.3 is 9.84 Å². The van der Waals surface area contributed by atoms with Gasteiger partial charge in [0.05, 0.1) is 0 Å². The smallest absolute Gasteiger partial charge is 0.387 e. The molecule has 0 aromatic heterocycles. The highest BCUT2D eigenvalue weighted by molar-refractivity contribution is 5.33. The molecule has 2 aliphatic rings. The van der Waals surface area contributed by atoms with Gasteiger partial charge in [0.2, 0.25) is 0 Å². The van der Waals surface area contributed by atoms with Crippen LogP contribution in [0.3, 0.4) is 0 Å². The van der Waals surface area contributed by atoms with Gasteiger partial charge >= 0.3 is 6.61 Å². The molecule has 0 unspecified atom stereocenters. The van der Waals surface area contributed by atoms with Crippen LogP contribution in [0, 0.1) is 11.3 Å². The van der Waals surface area contributed by atoms with Gasteiger partial charge in [-0.25, -0.2) is 0 Å². The van der Waals surface area contributed by atoms with Gasteiger partial charge in [0, 0.05) is 30.7 Å². The van der Waals surface area contributed by atoms with Crippen molar-refractivity contribution in [1.29, 1.82) is 0 Å². The lowest BCUT2D eigenvalue weighted by Crippen LogP contribution is -2.45. The molecule has 0 spiro atoms. The van der Waals surface area contributed by atoms with Gasteiger partial charge in [-0.1, -0.05) is 31.0 Å². The Kier molecular flexibility index (Phi) is 5.17. The quantitative estimate of drug-likeness (QED) is 0.830. The van der Waals surface area contributed by atoms with Crippen molar-refractivity contribution in [2.24, 2.45) is 11.3 Å². The van der Waals surface area contributed by atoms with Crippen LogP contribution < -0.4 is 4.74 Å². The van der Waals surface area contributed by atoms with Crippen molar-refractivity contribution >= 4 is 0 Å². The first kappa shape index (κ1) is 16.7. The highest BCUT2D eigenvalue weighted by Gasteiger charge is 2.39. The maximum Gasteiger partial charge on any atom is 0.387 e. The number of ether oxygens (including phenoxy) is 1. The number of piperidine rings is 1. The molecule has 23 heavy (non-hydrogen) atoms. The maximum atomic E-state index is 12.5. The van der Waals surface area contributed by atoms with E-state index in [1.807, 2.05) is 12.1 Å². The first-order chi connectivity index (χ1) is 11.1. The summed E-state index contributed by atoms with van der Waals surface area (Å²) in [6, 6.07) is 6.99. The topological polar surface area (TPSA) is 32.7 Å². The molecule has 1 aliphatic carbocycles. The number of hydrogen-bond donors (Lipinski definition) is 1. The molecule has 0 amide bonds. The summed E-state index contributed by atoms with van der Waals surface area (Å²) < 4.78 is 29.7. The van der Waals surface area contributed by atoms with Crippen LogP contribution in [0.4, 0.5) is 8.78 Å². The molecule has 3 rings (SSSR count). The van der Waals surface area contributed by atoms with Gasteiger partial charge in [-0.2, -0.15) is 8.78 Å². The summed E-state index contributed by atoms with van der Waals surface area (Å²) >= 11 is 0. The van der Waals surface area contributed by atoms with Crippen LogP contribution >= 0.6 is 0 Å². The SMILES string of the molecule is OC[C@@]1(CC2CC2)CCCN(Cc2ccccc2OC(F)F)C1. The van der Waals surface area contributed by atoms with Gasteiger partial charge in [-0.3, -0.25) is 4.90 Å². The molecule has 1 heterocycles. The Bertz CT molecular complexity index is 521. The molecular formula is C18H25F2NO2. The van der Waals surface area contributed by atoms with Gasteiger partial charge in [0.15, 0.2) is 0 Å². The Morgan fingerprint density at radius 1 is 1.30 bits per heavy atom. The summed E-state index contributed by atoms with van der Waals surface area (Å²) in [6.07, 6.45) is 5.77. The average molecular weight is 325 g/mol. The molecule has 1 aromatic carbocycles. The predicted octanol–water partition coefficient (Wildman–Crippen LogP) is 3.66. The van der Waals surface area contributed by atoms with Crippen molar-refractivity contribution in [3.63, 3.8) is 0 Å². The molecule has 1 aliphatic heterocycles. The Hall–Kier alpha value is -1.20. The molecule has 0 bridgehead atoms. The van der Waals surface area contributed by atoms with E-state index in [4.69, 9.17) is 0 Å². The van der Waals surface area contributed by atoms with Crippen molar-refractivity contribution in [1.82, 2.24) is 4.90 Å². The van der Waals surface area contributed by atoms with E-state index < -0.39 is 6.61 Å². The summed E-state index contributed by atoms with van der Waals surface area (Å²) in [7, 11) is 0. The fourth-order valence-electron chi connectivity index (χ4n) is 3.83. The van der Waals surface area contributed by atoms with Crippen LogP contribution in [0.2, 0.25) is 0 Å². The van der Waals surface area contributed by atoms with Crippen LogP contribution in [-0.2, 0) is 6.54 Å². The van der Waals surface area contributed by atoms with E-state index in [1.54, 1.807) is 12.1 Å². The van der Waals surface area contributed by atoms with Crippen LogP contribution in [0.5, 0.6) is 5.75 Å². The maximum absolute atomic E-state index is 12.5. The minimum absolute atomic E-state index is 0.0159. The Morgan fingerprint density at radius 3 is 2.78 bits per heavy atom. The van der Waals surface area contributed by atoms with E-state index in [1.165, 1.54) is 12.8 Å². The molecule has 1 N–H and O–H groups in total. The van der Waals surface area contributed by atoms with Gasteiger partial charge in [-0.05, 0) is 37.8 Å². The van der Waals surface area contributed by atoms with Crippen molar-refractivity contribution < 1.29 is 18.6 Å². The van der Waals surface area contributed by atoms with E-state index in [0.717, 1.165) is 43.8 Å². The Morgan fingerprint density at radius 2 is 2.09 bits per heavy atom. The van der Waals surface area contributed by atoms with Crippen molar-refractivity contribution in [3.05, 3.63) is 29.8 Å². The lowest BCUT2D eigenvalue weighted by molar-refractivity contribution is -0.0512. The molecule has 5 heteroatoms. The molecule has 1 atom stereocenters. The lowest BCUT2D eigenvalue weighted by atomic mass is 9.76. The van der Waals surface area contributed by atoms with Crippen LogP contribution in [0.1, 0.15) is 37.7 Å². The Labute approximate surface area is 136 Å². The van der Waals surface area contributed by atoms with E-state index in [2.05, 4.69) is 9.64 Å². The van der Waals surface area contributed by atoms with Gasteiger partial charge in [-0.15, -0.1) is 0 Å². The van der Waals surface area contributed by atoms with Crippen molar-refractivity contribution in [2.75, 3.05) is 19.7 Å². The highest BCUT2D eigenvalue weighted by Crippen LogP contribution is 2.44. The number of para-hydroxylation sites is 1. The number of benzene rings is 1. The van der Waals surface area contributed by atoms with E-state index in [-0.39, 0.29) is 17.8 Å². The molecule has 1 saturated carbocycles. The number of likely N-dealkylation sites (tertiary alicyclic amines) is 1. The second-order valence-electron chi connectivity index (χ2n) is 7.11. The minimum atomic E-state index is -2.80. The second kappa shape index (κ2) is 7.14. The predicted molar refractivity (Wildman–Crippen MR) is 84.4 cm³/mol. The number of aliphatic hydroxyl groups is 1. The second-order valence-corrected chi connectivity index (χ2v) is 7.11. The molecule has 0 radical (unpaired) electrons. The van der Waals surface area contributed by atoms with Gasteiger partial charge in [0.25, 0.3) is 0 Å². The zero-order chi connectivity index (χ0) is 16.3. The highest BCUT2D eigenvalue weighted by atomic mass is 19.3. The fraction of sp³-hybridized carbons (Fsp3) is 0.667. The molecular weight excluding hydrogens is 300 g/mol. The largest absolute Gasteiger partial charge is 0.434 e. The zero-order valence-corrected chi connectivity index (χ0v) is 13.4. The normalized spacial score (nSPS) is 25.7. The third kappa shape index (κ3) is 4.42. The van der Waals surface area contributed by atoms with E-state index >= 15 is 0 Å². The lowest BCUT2D eigenvalue weighted by Gasteiger charge is -2.42. The summed E-state index contributed by atoms with van der Waals surface area (Å²) in [5.74, 6) is 1.03. The zero-order valence-electron chi connectivity index (χ0n) is 13.4. The molecule has 3 nitrogen and oxygen atoms in total. The number of hydrogen-bond acceptors (Lipinski definition) is 3. The summed E-state index contributed by atoms with van der Waals surface area (Å²) in [6.45, 7) is -0.216. The number of rotatable bonds is 7. The Balaban J connectivity index is 1.67. The standard InChI is InChI=1S/C18H25F2NO2/c19-17(20)23-16-5-2-1-4-15(16)11-21-9-3-8-18(12-21,13-22)10-14-6-7-14/h1-2,4-5,14,17,22H,3,6-13H2/t18-/m1/s1. The molecule has 1 aromatic rings.